The Kier molecular flexibility index (Phi) is 6.42. The molecule has 0 aromatic heterocycles. The van der Waals surface area contributed by atoms with Crippen LogP contribution in [0.15, 0.2) is 65.6 Å². The molecule has 152 valence electrons. The van der Waals surface area contributed by atoms with E-state index in [4.69, 9.17) is 16.3 Å². The van der Waals surface area contributed by atoms with Gasteiger partial charge in [-0.2, -0.15) is 4.72 Å². The van der Waals surface area contributed by atoms with Crippen LogP contribution < -0.4 is 14.8 Å². The lowest BCUT2D eigenvalue weighted by molar-refractivity contribution is -0.122. The summed E-state index contributed by atoms with van der Waals surface area (Å²) in [6.45, 7) is 1.77. The number of methoxy groups -OCH3 is 1. The Labute approximate surface area is 174 Å². The number of ether oxygens (including phenoxy) is 1. The van der Waals surface area contributed by atoms with Crippen LogP contribution in [0, 0.1) is 0 Å². The van der Waals surface area contributed by atoms with E-state index in [-0.39, 0.29) is 11.4 Å². The predicted octanol–water partition coefficient (Wildman–Crippen LogP) is 3.49. The zero-order chi connectivity index (χ0) is 21.0. The molecule has 0 radical (unpaired) electrons. The maximum Gasteiger partial charge on any atom is 0.241 e. The van der Waals surface area contributed by atoms with E-state index >= 15 is 0 Å². The van der Waals surface area contributed by atoms with Crippen LogP contribution in [-0.4, -0.2) is 27.5 Å². The molecule has 0 fully saturated rings. The first kappa shape index (κ1) is 21.1. The fourth-order valence-corrected chi connectivity index (χ4v) is 4.34. The summed E-state index contributed by atoms with van der Waals surface area (Å²) in [5, 5.41) is 5.11. The van der Waals surface area contributed by atoms with Crippen molar-refractivity contribution in [1.29, 1.82) is 0 Å². The zero-order valence-corrected chi connectivity index (χ0v) is 17.5. The fraction of sp³-hybridized carbons (Fsp3) is 0.190. The summed E-state index contributed by atoms with van der Waals surface area (Å²) in [5.41, 5.74) is 0.904. The van der Waals surface area contributed by atoms with Gasteiger partial charge < -0.3 is 10.1 Å². The third-order valence-corrected chi connectivity index (χ3v) is 6.18. The number of sulfonamides is 1. The number of rotatable bonds is 7. The smallest absolute Gasteiger partial charge is 0.241 e. The number of amides is 1. The normalized spacial score (nSPS) is 12.5. The van der Waals surface area contributed by atoms with Gasteiger partial charge in [-0.05, 0) is 59.7 Å². The van der Waals surface area contributed by atoms with Crippen LogP contribution in [-0.2, 0) is 21.4 Å². The van der Waals surface area contributed by atoms with E-state index in [2.05, 4.69) is 10.0 Å². The monoisotopic (exact) mass is 432 g/mol. The van der Waals surface area contributed by atoms with Gasteiger partial charge in [-0.1, -0.05) is 35.9 Å². The highest BCUT2D eigenvalue weighted by Gasteiger charge is 2.22. The van der Waals surface area contributed by atoms with E-state index in [9.17, 15) is 13.2 Å². The Bertz CT molecular complexity index is 1150. The summed E-state index contributed by atoms with van der Waals surface area (Å²) in [6, 6.07) is 16.5. The molecule has 0 aliphatic heterocycles. The summed E-state index contributed by atoms with van der Waals surface area (Å²) in [5.74, 6) is 0.352. The highest BCUT2D eigenvalue weighted by Crippen LogP contribution is 2.22. The van der Waals surface area contributed by atoms with Crippen LogP contribution in [0.1, 0.15) is 12.5 Å². The topological polar surface area (TPSA) is 84.5 Å². The lowest BCUT2D eigenvalue weighted by Crippen LogP contribution is -2.44. The molecule has 0 aliphatic carbocycles. The van der Waals surface area contributed by atoms with Crippen molar-refractivity contribution in [2.24, 2.45) is 0 Å². The van der Waals surface area contributed by atoms with Crippen LogP contribution in [0.2, 0.25) is 5.02 Å². The second kappa shape index (κ2) is 8.82. The molecule has 0 saturated carbocycles. The first-order valence-corrected chi connectivity index (χ1v) is 10.8. The van der Waals surface area contributed by atoms with Gasteiger partial charge in [0.25, 0.3) is 0 Å². The lowest BCUT2D eigenvalue weighted by Gasteiger charge is -2.15. The minimum atomic E-state index is -3.85. The first-order valence-electron chi connectivity index (χ1n) is 8.91. The van der Waals surface area contributed by atoms with Crippen molar-refractivity contribution in [3.63, 3.8) is 0 Å². The van der Waals surface area contributed by atoms with Crippen molar-refractivity contribution in [1.82, 2.24) is 10.0 Å². The summed E-state index contributed by atoms with van der Waals surface area (Å²) in [6.07, 6.45) is 0. The van der Waals surface area contributed by atoms with Crippen LogP contribution in [0.4, 0.5) is 0 Å². The minimum absolute atomic E-state index is 0.00890. The van der Waals surface area contributed by atoms with Gasteiger partial charge in [-0.25, -0.2) is 8.42 Å². The average Bonchev–Trinajstić information content (AvgIpc) is 2.71. The van der Waals surface area contributed by atoms with Gasteiger partial charge in [0.15, 0.2) is 0 Å². The SMILES string of the molecule is COc1ccc2cc(CNC(=O)[C@H](C)NS(=O)(=O)c3cccc(Cl)c3)ccc2c1. The van der Waals surface area contributed by atoms with Gasteiger partial charge in [-0.3, -0.25) is 4.79 Å². The molecule has 0 aliphatic rings. The molecule has 1 amide bonds. The Morgan fingerprint density at radius 2 is 1.79 bits per heavy atom. The molecule has 29 heavy (non-hydrogen) atoms. The second-order valence-corrected chi connectivity index (χ2v) is 8.72. The Balaban J connectivity index is 1.63. The fourth-order valence-electron chi connectivity index (χ4n) is 2.84. The molecule has 3 aromatic carbocycles. The van der Waals surface area contributed by atoms with Gasteiger partial charge in [-0.15, -0.1) is 0 Å². The Morgan fingerprint density at radius 3 is 2.52 bits per heavy atom. The lowest BCUT2D eigenvalue weighted by atomic mass is 10.1. The van der Waals surface area contributed by atoms with Crippen molar-refractivity contribution in [3.05, 3.63) is 71.2 Å². The molecular weight excluding hydrogens is 412 g/mol. The largest absolute Gasteiger partial charge is 0.497 e. The van der Waals surface area contributed by atoms with E-state index in [0.29, 0.717) is 5.02 Å². The first-order chi connectivity index (χ1) is 13.8. The molecule has 0 saturated heterocycles. The van der Waals surface area contributed by atoms with E-state index in [1.807, 2.05) is 36.4 Å². The molecule has 0 bridgehead atoms. The molecule has 0 heterocycles. The molecule has 3 rings (SSSR count). The van der Waals surface area contributed by atoms with E-state index in [1.54, 1.807) is 13.2 Å². The molecule has 1 atom stereocenters. The number of carbonyl (C=O) groups excluding carboxylic acids is 1. The molecule has 6 nitrogen and oxygen atoms in total. The number of hydrogen-bond donors (Lipinski definition) is 2. The van der Waals surface area contributed by atoms with Crippen LogP contribution in [0.3, 0.4) is 0 Å². The van der Waals surface area contributed by atoms with Crippen molar-refractivity contribution in [3.8, 4) is 5.75 Å². The molecule has 0 spiro atoms. The quantitative estimate of drug-likeness (QED) is 0.598. The number of nitrogens with one attached hydrogen (secondary N) is 2. The van der Waals surface area contributed by atoms with Crippen molar-refractivity contribution >= 4 is 38.3 Å². The minimum Gasteiger partial charge on any atom is -0.497 e. The third kappa shape index (κ3) is 5.26. The molecule has 2 N–H and O–H groups in total. The highest BCUT2D eigenvalue weighted by atomic mass is 35.5. The van der Waals surface area contributed by atoms with Crippen LogP contribution in [0.5, 0.6) is 5.75 Å². The Hall–Kier alpha value is -2.61. The standard InChI is InChI=1S/C21H21ClN2O4S/c1-14(24-29(26,27)20-5-3-4-18(22)12-20)21(25)23-13-15-6-7-17-11-19(28-2)9-8-16(17)10-15/h3-12,14,24H,13H2,1-2H3,(H,23,25)/t14-/m0/s1. The van der Waals surface area contributed by atoms with E-state index in [1.165, 1.54) is 25.1 Å². The van der Waals surface area contributed by atoms with Gasteiger partial charge >= 0.3 is 0 Å². The van der Waals surface area contributed by atoms with E-state index in [0.717, 1.165) is 22.1 Å². The predicted molar refractivity (Wildman–Crippen MR) is 114 cm³/mol. The number of benzene rings is 3. The summed E-state index contributed by atoms with van der Waals surface area (Å²) < 4.78 is 32.4. The number of carbonyl (C=O) groups is 1. The second-order valence-electron chi connectivity index (χ2n) is 6.57. The molecule has 3 aromatic rings. The zero-order valence-electron chi connectivity index (χ0n) is 16.0. The number of hydrogen-bond acceptors (Lipinski definition) is 4. The number of fused-ring (bicyclic) bond motifs is 1. The van der Waals surface area contributed by atoms with Gasteiger partial charge in [0.05, 0.1) is 18.0 Å². The maximum atomic E-state index is 12.4. The van der Waals surface area contributed by atoms with Crippen LogP contribution in [0.25, 0.3) is 10.8 Å². The maximum absolute atomic E-state index is 12.4. The van der Waals surface area contributed by atoms with Crippen LogP contribution >= 0.6 is 11.6 Å². The van der Waals surface area contributed by atoms with Crippen molar-refractivity contribution in [2.75, 3.05) is 7.11 Å². The summed E-state index contributed by atoms with van der Waals surface area (Å²) >= 11 is 5.85. The van der Waals surface area contributed by atoms with Gasteiger partial charge in [0.1, 0.15) is 5.75 Å². The Morgan fingerprint density at radius 1 is 1.07 bits per heavy atom. The summed E-state index contributed by atoms with van der Waals surface area (Å²) in [7, 11) is -2.23. The van der Waals surface area contributed by atoms with Crippen molar-refractivity contribution < 1.29 is 17.9 Å². The van der Waals surface area contributed by atoms with Gasteiger partial charge in [0.2, 0.25) is 15.9 Å². The molecular formula is C21H21ClN2O4S. The van der Waals surface area contributed by atoms with Gasteiger partial charge in [0, 0.05) is 11.6 Å². The van der Waals surface area contributed by atoms with E-state index < -0.39 is 22.0 Å². The third-order valence-electron chi connectivity index (χ3n) is 4.41. The summed E-state index contributed by atoms with van der Waals surface area (Å²) in [4.78, 5) is 12.4. The molecule has 8 heteroatoms. The average molecular weight is 433 g/mol. The number of halogens is 1. The van der Waals surface area contributed by atoms with Crippen molar-refractivity contribution in [2.45, 2.75) is 24.4 Å². The molecule has 0 unspecified atom stereocenters. The highest BCUT2D eigenvalue weighted by molar-refractivity contribution is 7.89.